The van der Waals surface area contributed by atoms with Crippen LogP contribution in [0.2, 0.25) is 0 Å². The van der Waals surface area contributed by atoms with Gasteiger partial charge in [0.05, 0.1) is 10.9 Å². The maximum Gasteiger partial charge on any atom is 0.227 e. The molecule has 92 valence electrons. The van der Waals surface area contributed by atoms with Crippen LogP contribution in [0.25, 0.3) is 0 Å². The second kappa shape index (κ2) is 5.14. The van der Waals surface area contributed by atoms with E-state index in [0.29, 0.717) is 23.1 Å². The van der Waals surface area contributed by atoms with Crippen molar-refractivity contribution in [1.82, 2.24) is 4.90 Å². The van der Waals surface area contributed by atoms with E-state index >= 15 is 0 Å². The summed E-state index contributed by atoms with van der Waals surface area (Å²) in [6, 6.07) is 4.84. The summed E-state index contributed by atoms with van der Waals surface area (Å²) in [5.74, 6) is -0.326. The molecule has 1 aromatic rings. The highest BCUT2D eigenvalue weighted by atomic mass is 79.9. The molecule has 0 radical (unpaired) electrons. The number of halogens is 2. The molecule has 1 aliphatic rings. The first kappa shape index (κ1) is 12.5. The Labute approximate surface area is 108 Å². The molecule has 1 fully saturated rings. The van der Waals surface area contributed by atoms with E-state index in [1.54, 1.807) is 17.0 Å². The summed E-state index contributed by atoms with van der Waals surface area (Å²) in [6.07, 6.45) is 1.08. The van der Waals surface area contributed by atoms with Crippen LogP contribution in [-0.2, 0) is 11.2 Å². The molecule has 0 aromatic heterocycles. The second-order valence-corrected chi connectivity index (χ2v) is 5.17. The predicted octanol–water partition coefficient (Wildman–Crippen LogP) is 1.69. The van der Waals surface area contributed by atoms with Gasteiger partial charge in [0, 0.05) is 19.1 Å². The van der Waals surface area contributed by atoms with Crippen LogP contribution < -0.4 is 5.73 Å². The van der Waals surface area contributed by atoms with Crippen molar-refractivity contribution in [2.45, 2.75) is 18.9 Å². The number of amides is 1. The van der Waals surface area contributed by atoms with Gasteiger partial charge in [-0.3, -0.25) is 4.79 Å². The first-order valence-electron chi connectivity index (χ1n) is 5.53. The van der Waals surface area contributed by atoms with Gasteiger partial charge in [-0.25, -0.2) is 4.39 Å². The van der Waals surface area contributed by atoms with Gasteiger partial charge in [-0.05, 0) is 40.0 Å². The molecule has 0 bridgehead atoms. The molecule has 3 nitrogen and oxygen atoms in total. The number of benzene rings is 1. The summed E-state index contributed by atoms with van der Waals surface area (Å²) in [5, 5.41) is 0. The molecule has 5 heteroatoms. The number of hydrogen-bond acceptors (Lipinski definition) is 2. The smallest absolute Gasteiger partial charge is 0.227 e. The number of rotatable bonds is 2. The van der Waals surface area contributed by atoms with Crippen molar-refractivity contribution in [1.29, 1.82) is 0 Å². The number of likely N-dealkylation sites (tertiary alicyclic amines) is 1. The summed E-state index contributed by atoms with van der Waals surface area (Å²) in [6.45, 7) is 1.32. The topological polar surface area (TPSA) is 46.3 Å². The van der Waals surface area contributed by atoms with E-state index in [-0.39, 0.29) is 24.2 Å². The highest BCUT2D eigenvalue weighted by molar-refractivity contribution is 9.10. The van der Waals surface area contributed by atoms with Crippen LogP contribution in [0, 0.1) is 5.82 Å². The Kier molecular flexibility index (Phi) is 3.79. The van der Waals surface area contributed by atoms with E-state index in [2.05, 4.69) is 15.9 Å². The van der Waals surface area contributed by atoms with Crippen molar-refractivity contribution in [2.24, 2.45) is 5.73 Å². The molecule has 1 saturated heterocycles. The van der Waals surface area contributed by atoms with Gasteiger partial charge in [-0.1, -0.05) is 6.07 Å². The van der Waals surface area contributed by atoms with E-state index in [1.165, 1.54) is 6.07 Å². The van der Waals surface area contributed by atoms with Gasteiger partial charge in [0.1, 0.15) is 5.82 Å². The minimum absolute atomic E-state index is 0.0136. The van der Waals surface area contributed by atoms with E-state index in [9.17, 15) is 9.18 Å². The number of carbonyl (C=O) groups excluding carboxylic acids is 1. The normalized spacial score (nSPS) is 19.7. The van der Waals surface area contributed by atoms with Crippen molar-refractivity contribution >= 4 is 21.8 Å². The van der Waals surface area contributed by atoms with E-state index in [1.807, 2.05) is 0 Å². The molecular weight excluding hydrogens is 287 g/mol. The molecule has 1 atom stereocenters. The summed E-state index contributed by atoms with van der Waals surface area (Å²) >= 11 is 3.08. The van der Waals surface area contributed by atoms with Crippen molar-refractivity contribution in [3.05, 3.63) is 34.1 Å². The molecule has 1 aromatic carbocycles. The molecule has 1 heterocycles. The van der Waals surface area contributed by atoms with Gasteiger partial charge in [-0.2, -0.15) is 0 Å². The third kappa shape index (κ3) is 3.04. The van der Waals surface area contributed by atoms with Crippen LogP contribution in [0.3, 0.4) is 0 Å². The standard InChI is InChI=1S/C12H14BrFN2O/c13-10-2-1-8(5-11(10)14)6-12(17)16-4-3-9(15)7-16/h1-2,5,9H,3-4,6-7,15H2/t9-/m1/s1. The maximum absolute atomic E-state index is 13.3. The fourth-order valence-electron chi connectivity index (χ4n) is 1.95. The van der Waals surface area contributed by atoms with Crippen LogP contribution >= 0.6 is 15.9 Å². The monoisotopic (exact) mass is 300 g/mol. The minimum Gasteiger partial charge on any atom is -0.341 e. The molecule has 2 rings (SSSR count). The Balaban J connectivity index is 2.00. The largest absolute Gasteiger partial charge is 0.341 e. The molecule has 0 saturated carbocycles. The Bertz CT molecular complexity index is 439. The van der Waals surface area contributed by atoms with Crippen LogP contribution in [0.15, 0.2) is 22.7 Å². The zero-order valence-corrected chi connectivity index (χ0v) is 10.9. The van der Waals surface area contributed by atoms with Crippen LogP contribution in [0.5, 0.6) is 0 Å². The van der Waals surface area contributed by atoms with Gasteiger partial charge in [0.2, 0.25) is 5.91 Å². The number of carbonyl (C=O) groups is 1. The lowest BCUT2D eigenvalue weighted by molar-refractivity contribution is -0.129. The summed E-state index contributed by atoms with van der Waals surface area (Å²) in [5.41, 5.74) is 6.43. The van der Waals surface area contributed by atoms with E-state index < -0.39 is 0 Å². The number of hydrogen-bond donors (Lipinski definition) is 1. The van der Waals surface area contributed by atoms with Crippen LogP contribution in [0.1, 0.15) is 12.0 Å². The van der Waals surface area contributed by atoms with E-state index in [4.69, 9.17) is 5.73 Å². The molecule has 0 unspecified atom stereocenters. The Morgan fingerprint density at radius 3 is 2.94 bits per heavy atom. The Morgan fingerprint density at radius 2 is 2.35 bits per heavy atom. The second-order valence-electron chi connectivity index (χ2n) is 4.31. The van der Waals surface area contributed by atoms with Crippen molar-refractivity contribution in [3.63, 3.8) is 0 Å². The fourth-order valence-corrected chi connectivity index (χ4v) is 2.20. The maximum atomic E-state index is 13.3. The minimum atomic E-state index is -0.339. The molecule has 0 spiro atoms. The lowest BCUT2D eigenvalue weighted by Crippen LogP contribution is -2.32. The van der Waals surface area contributed by atoms with Crippen LogP contribution in [0.4, 0.5) is 4.39 Å². The number of nitrogens with zero attached hydrogens (tertiary/aromatic N) is 1. The van der Waals surface area contributed by atoms with Gasteiger partial charge < -0.3 is 10.6 Å². The molecule has 1 amide bonds. The van der Waals surface area contributed by atoms with Crippen LogP contribution in [-0.4, -0.2) is 29.9 Å². The van der Waals surface area contributed by atoms with E-state index in [0.717, 1.165) is 6.42 Å². The molecular formula is C12H14BrFN2O. The lowest BCUT2D eigenvalue weighted by atomic mass is 10.1. The van der Waals surface area contributed by atoms with Gasteiger partial charge in [0.15, 0.2) is 0 Å². The van der Waals surface area contributed by atoms with Crippen molar-refractivity contribution in [3.8, 4) is 0 Å². The predicted molar refractivity (Wildman–Crippen MR) is 67.0 cm³/mol. The number of nitrogens with two attached hydrogens (primary N) is 1. The zero-order chi connectivity index (χ0) is 12.4. The quantitative estimate of drug-likeness (QED) is 0.903. The summed E-state index contributed by atoms with van der Waals surface area (Å²) in [4.78, 5) is 13.6. The Hall–Kier alpha value is -0.940. The molecule has 2 N–H and O–H groups in total. The molecule has 1 aliphatic heterocycles. The van der Waals surface area contributed by atoms with Crippen molar-refractivity contribution < 1.29 is 9.18 Å². The summed E-state index contributed by atoms with van der Waals surface area (Å²) in [7, 11) is 0. The highest BCUT2D eigenvalue weighted by Gasteiger charge is 2.23. The average Bonchev–Trinajstić information content (AvgIpc) is 2.70. The third-order valence-corrected chi connectivity index (χ3v) is 3.56. The van der Waals surface area contributed by atoms with Gasteiger partial charge in [0.25, 0.3) is 0 Å². The first-order valence-corrected chi connectivity index (χ1v) is 6.33. The third-order valence-electron chi connectivity index (χ3n) is 2.92. The molecule has 17 heavy (non-hydrogen) atoms. The van der Waals surface area contributed by atoms with Crippen molar-refractivity contribution in [2.75, 3.05) is 13.1 Å². The summed E-state index contributed by atoms with van der Waals surface area (Å²) < 4.78 is 13.7. The SMILES string of the molecule is N[C@@H]1CCN(C(=O)Cc2ccc(Br)c(F)c2)C1. The van der Waals surface area contributed by atoms with Gasteiger partial charge in [-0.15, -0.1) is 0 Å². The lowest BCUT2D eigenvalue weighted by Gasteiger charge is -2.15. The van der Waals surface area contributed by atoms with Gasteiger partial charge >= 0.3 is 0 Å². The molecule has 0 aliphatic carbocycles. The zero-order valence-electron chi connectivity index (χ0n) is 9.33. The average molecular weight is 301 g/mol. The Morgan fingerprint density at radius 1 is 1.59 bits per heavy atom. The fraction of sp³-hybridized carbons (Fsp3) is 0.417. The highest BCUT2D eigenvalue weighted by Crippen LogP contribution is 2.17. The first-order chi connectivity index (χ1) is 8.06.